The summed E-state index contributed by atoms with van der Waals surface area (Å²) >= 11 is 0. The number of nitrogen functional groups attached to an aromatic ring is 1. The van der Waals surface area contributed by atoms with E-state index in [2.05, 4.69) is 9.88 Å². The van der Waals surface area contributed by atoms with Crippen LogP contribution in [0, 0.1) is 0 Å². The number of aryl methyl sites for hydroxylation is 1. The van der Waals surface area contributed by atoms with Crippen molar-refractivity contribution in [1.82, 2.24) is 4.98 Å². The highest BCUT2D eigenvalue weighted by Crippen LogP contribution is 2.35. The zero-order valence-electron chi connectivity index (χ0n) is 10.0. The summed E-state index contributed by atoms with van der Waals surface area (Å²) in [6.07, 6.45) is 6.72. The van der Waals surface area contributed by atoms with Crippen LogP contribution in [-0.2, 0) is 12.8 Å². The third-order valence-electron chi connectivity index (χ3n) is 3.89. The molecule has 17 heavy (non-hydrogen) atoms. The van der Waals surface area contributed by atoms with E-state index in [1.165, 1.54) is 23.4 Å². The number of anilines is 2. The van der Waals surface area contributed by atoms with Gasteiger partial charge >= 0.3 is 0 Å². The molecular weight excluding hydrogens is 214 g/mol. The summed E-state index contributed by atoms with van der Waals surface area (Å²) in [6, 6.07) is 0. The lowest BCUT2D eigenvalue weighted by Crippen LogP contribution is -2.36. The number of aliphatic hydroxyl groups excluding tert-OH is 1. The second-order valence-electron chi connectivity index (χ2n) is 5.06. The van der Waals surface area contributed by atoms with Crippen LogP contribution < -0.4 is 10.6 Å². The zero-order valence-corrected chi connectivity index (χ0v) is 10.0. The van der Waals surface area contributed by atoms with E-state index in [-0.39, 0.29) is 6.10 Å². The minimum Gasteiger partial charge on any atom is -0.396 e. The first-order valence-corrected chi connectivity index (χ1v) is 6.45. The molecule has 0 saturated carbocycles. The van der Waals surface area contributed by atoms with Gasteiger partial charge < -0.3 is 15.7 Å². The monoisotopic (exact) mass is 233 g/mol. The van der Waals surface area contributed by atoms with Crippen LogP contribution in [0.2, 0.25) is 0 Å². The van der Waals surface area contributed by atoms with Crippen molar-refractivity contribution in [3.05, 3.63) is 17.5 Å². The Kier molecular flexibility index (Phi) is 2.67. The molecule has 0 aromatic carbocycles. The number of fused-ring (bicyclic) bond motifs is 1. The van der Waals surface area contributed by atoms with Crippen molar-refractivity contribution in [3.8, 4) is 0 Å². The smallest absolute Gasteiger partial charge is 0.0741 e. The standard InChI is InChI=1S/C13H19N3O/c14-11-8-15-12-3-1-2-10(12)13(11)16-6-4-9(17)5-7-16/h8-9,17H,1-7,14H2. The Bertz CT molecular complexity index is 425. The number of hydrogen-bond acceptors (Lipinski definition) is 4. The number of hydrogen-bond donors (Lipinski definition) is 2. The predicted octanol–water partition coefficient (Wildman–Crippen LogP) is 1.11. The molecular formula is C13H19N3O. The van der Waals surface area contributed by atoms with Crippen LogP contribution in [0.1, 0.15) is 30.5 Å². The molecule has 0 bridgehead atoms. The Hall–Kier alpha value is -1.29. The van der Waals surface area contributed by atoms with Crippen molar-refractivity contribution in [1.29, 1.82) is 0 Å². The molecule has 1 saturated heterocycles. The number of nitrogens with two attached hydrogens (primary N) is 1. The van der Waals surface area contributed by atoms with E-state index in [4.69, 9.17) is 5.73 Å². The van der Waals surface area contributed by atoms with Gasteiger partial charge in [-0.2, -0.15) is 0 Å². The van der Waals surface area contributed by atoms with Gasteiger partial charge in [-0.3, -0.25) is 4.98 Å². The van der Waals surface area contributed by atoms with Gasteiger partial charge in [-0.1, -0.05) is 0 Å². The van der Waals surface area contributed by atoms with Crippen molar-refractivity contribution in [3.63, 3.8) is 0 Å². The average molecular weight is 233 g/mol. The fraction of sp³-hybridized carbons (Fsp3) is 0.615. The fourth-order valence-corrected chi connectivity index (χ4v) is 2.97. The van der Waals surface area contributed by atoms with Gasteiger partial charge in [0.2, 0.25) is 0 Å². The van der Waals surface area contributed by atoms with Crippen LogP contribution in [0.4, 0.5) is 11.4 Å². The summed E-state index contributed by atoms with van der Waals surface area (Å²) in [5, 5.41) is 9.57. The lowest BCUT2D eigenvalue weighted by Gasteiger charge is -2.33. The Morgan fingerprint density at radius 1 is 1.29 bits per heavy atom. The van der Waals surface area contributed by atoms with Gasteiger partial charge in [0.15, 0.2) is 0 Å². The molecule has 2 aliphatic rings. The summed E-state index contributed by atoms with van der Waals surface area (Å²) in [6.45, 7) is 1.81. The summed E-state index contributed by atoms with van der Waals surface area (Å²) in [7, 11) is 0. The molecule has 4 heteroatoms. The van der Waals surface area contributed by atoms with E-state index in [0.29, 0.717) is 0 Å². The lowest BCUT2D eigenvalue weighted by atomic mass is 10.0. The first-order chi connectivity index (χ1) is 8.25. The Morgan fingerprint density at radius 3 is 2.82 bits per heavy atom. The molecule has 0 unspecified atom stereocenters. The van der Waals surface area contributed by atoms with E-state index in [1.54, 1.807) is 6.20 Å². The van der Waals surface area contributed by atoms with Gasteiger partial charge in [-0.15, -0.1) is 0 Å². The van der Waals surface area contributed by atoms with Crippen molar-refractivity contribution < 1.29 is 5.11 Å². The molecule has 0 radical (unpaired) electrons. The van der Waals surface area contributed by atoms with Gasteiger partial charge in [-0.05, 0) is 37.7 Å². The van der Waals surface area contributed by atoms with Crippen LogP contribution in [0.15, 0.2) is 6.20 Å². The third-order valence-corrected chi connectivity index (χ3v) is 3.89. The maximum absolute atomic E-state index is 9.57. The third kappa shape index (κ3) is 1.86. The van der Waals surface area contributed by atoms with Crippen LogP contribution >= 0.6 is 0 Å². The molecule has 1 fully saturated rings. The van der Waals surface area contributed by atoms with Gasteiger partial charge in [-0.25, -0.2) is 0 Å². The molecule has 3 rings (SSSR count). The second-order valence-corrected chi connectivity index (χ2v) is 5.06. The van der Waals surface area contributed by atoms with Gasteiger partial charge in [0, 0.05) is 18.8 Å². The van der Waals surface area contributed by atoms with E-state index in [0.717, 1.165) is 44.5 Å². The molecule has 92 valence electrons. The minimum absolute atomic E-state index is 0.137. The quantitative estimate of drug-likeness (QED) is 0.763. The molecule has 3 N–H and O–H groups in total. The summed E-state index contributed by atoms with van der Waals surface area (Å²) in [4.78, 5) is 6.76. The molecule has 0 spiro atoms. The molecule has 1 aromatic heterocycles. The van der Waals surface area contributed by atoms with E-state index < -0.39 is 0 Å². The number of piperidine rings is 1. The van der Waals surface area contributed by atoms with E-state index >= 15 is 0 Å². The topological polar surface area (TPSA) is 62.4 Å². The highest BCUT2D eigenvalue weighted by molar-refractivity contribution is 5.72. The maximum Gasteiger partial charge on any atom is 0.0741 e. The average Bonchev–Trinajstić information content (AvgIpc) is 2.79. The van der Waals surface area contributed by atoms with Gasteiger partial charge in [0.25, 0.3) is 0 Å². The Morgan fingerprint density at radius 2 is 2.06 bits per heavy atom. The lowest BCUT2D eigenvalue weighted by molar-refractivity contribution is 0.145. The molecule has 1 aliphatic carbocycles. The van der Waals surface area contributed by atoms with Crippen LogP contribution in [0.3, 0.4) is 0 Å². The first-order valence-electron chi connectivity index (χ1n) is 6.45. The number of rotatable bonds is 1. The fourth-order valence-electron chi connectivity index (χ4n) is 2.97. The van der Waals surface area contributed by atoms with E-state index in [9.17, 15) is 5.11 Å². The van der Waals surface area contributed by atoms with Crippen molar-refractivity contribution in [2.75, 3.05) is 23.7 Å². The molecule has 1 aromatic rings. The Balaban J connectivity index is 1.94. The van der Waals surface area contributed by atoms with Crippen LogP contribution in [0.25, 0.3) is 0 Å². The highest BCUT2D eigenvalue weighted by atomic mass is 16.3. The minimum atomic E-state index is -0.137. The molecule has 2 heterocycles. The number of pyridine rings is 1. The second kappa shape index (κ2) is 4.18. The number of aliphatic hydroxyl groups is 1. The molecule has 1 aliphatic heterocycles. The predicted molar refractivity (Wildman–Crippen MR) is 68.1 cm³/mol. The largest absolute Gasteiger partial charge is 0.396 e. The van der Waals surface area contributed by atoms with Gasteiger partial charge in [0.1, 0.15) is 0 Å². The van der Waals surface area contributed by atoms with Gasteiger partial charge in [0.05, 0.1) is 23.7 Å². The molecule has 0 atom stereocenters. The van der Waals surface area contributed by atoms with Crippen LogP contribution in [0.5, 0.6) is 0 Å². The SMILES string of the molecule is Nc1cnc2c(c1N1CCC(O)CC1)CCC2. The maximum atomic E-state index is 9.57. The highest BCUT2D eigenvalue weighted by Gasteiger charge is 2.25. The first kappa shape index (κ1) is 10.8. The van der Waals surface area contributed by atoms with Crippen molar-refractivity contribution >= 4 is 11.4 Å². The zero-order chi connectivity index (χ0) is 11.8. The Labute approximate surface area is 101 Å². The summed E-state index contributed by atoms with van der Waals surface area (Å²) in [5.74, 6) is 0. The van der Waals surface area contributed by atoms with Crippen LogP contribution in [-0.4, -0.2) is 29.3 Å². The summed E-state index contributed by atoms with van der Waals surface area (Å²) < 4.78 is 0. The number of aromatic nitrogens is 1. The number of nitrogens with zero attached hydrogens (tertiary/aromatic N) is 2. The van der Waals surface area contributed by atoms with E-state index in [1.807, 2.05) is 0 Å². The molecule has 0 amide bonds. The molecule has 4 nitrogen and oxygen atoms in total. The normalized spacial score (nSPS) is 20.6. The summed E-state index contributed by atoms with van der Waals surface area (Å²) in [5.41, 5.74) is 10.7. The van der Waals surface area contributed by atoms with Crippen molar-refractivity contribution in [2.45, 2.75) is 38.2 Å². The van der Waals surface area contributed by atoms with Crippen molar-refractivity contribution in [2.24, 2.45) is 0 Å².